The Bertz CT molecular complexity index is 819. The molecule has 0 aliphatic carbocycles. The molecular formula is C22H30BrCl2N3O3. The minimum atomic E-state index is -0.525. The molecule has 1 fully saturated rings. The minimum Gasteiger partial charge on any atom is -0.493 e. The summed E-state index contributed by atoms with van der Waals surface area (Å²) in [5, 5.41) is 3.65. The second kappa shape index (κ2) is 13.8. The van der Waals surface area contributed by atoms with Gasteiger partial charge in [0.25, 0.3) is 5.91 Å². The van der Waals surface area contributed by atoms with E-state index in [2.05, 4.69) is 56.5 Å². The zero-order valence-electron chi connectivity index (χ0n) is 17.5. The number of likely N-dealkylation sites (tertiary alicyclic amines) is 1. The highest BCUT2D eigenvalue weighted by atomic mass is 79.9. The van der Waals surface area contributed by atoms with Gasteiger partial charge in [0.05, 0.1) is 11.6 Å². The first-order valence-corrected chi connectivity index (χ1v) is 10.6. The molecule has 0 saturated carbocycles. The van der Waals surface area contributed by atoms with Gasteiger partial charge in [0.15, 0.2) is 18.1 Å². The lowest BCUT2D eigenvalue weighted by molar-refractivity contribution is -0.119. The van der Waals surface area contributed by atoms with Gasteiger partial charge in [-0.05, 0) is 65.1 Å². The first kappa shape index (κ1) is 27.5. The normalized spacial score (nSPS) is 14.3. The number of methoxy groups -OCH3 is 1. The van der Waals surface area contributed by atoms with E-state index in [1.165, 1.54) is 5.56 Å². The minimum absolute atomic E-state index is 0. The predicted octanol–water partition coefficient (Wildman–Crippen LogP) is 3.92. The lowest BCUT2D eigenvalue weighted by Gasteiger charge is -2.32. The fourth-order valence-corrected chi connectivity index (χ4v) is 4.16. The van der Waals surface area contributed by atoms with E-state index in [-0.39, 0.29) is 31.4 Å². The average molecular weight is 535 g/mol. The Balaban J connectivity index is 0.00000240. The number of ether oxygens (including phenoxy) is 2. The van der Waals surface area contributed by atoms with E-state index < -0.39 is 5.91 Å². The van der Waals surface area contributed by atoms with Crippen LogP contribution in [0.3, 0.4) is 0 Å². The smallest absolute Gasteiger partial charge is 0.255 e. The van der Waals surface area contributed by atoms with Crippen molar-refractivity contribution < 1.29 is 14.3 Å². The van der Waals surface area contributed by atoms with Gasteiger partial charge in [-0.25, -0.2) is 0 Å². The predicted molar refractivity (Wildman–Crippen MR) is 131 cm³/mol. The molecule has 0 atom stereocenters. The van der Waals surface area contributed by atoms with Crippen LogP contribution in [0.5, 0.6) is 11.5 Å². The number of hydrogen-bond acceptors (Lipinski definition) is 5. The summed E-state index contributed by atoms with van der Waals surface area (Å²) in [7, 11) is 1.58. The summed E-state index contributed by atoms with van der Waals surface area (Å²) >= 11 is 3.50. The molecule has 2 aromatic rings. The first-order chi connectivity index (χ1) is 14.0. The van der Waals surface area contributed by atoms with Crippen LogP contribution in [0.1, 0.15) is 24.0 Å². The summed E-state index contributed by atoms with van der Waals surface area (Å²) in [4.78, 5) is 13.5. The highest BCUT2D eigenvalue weighted by molar-refractivity contribution is 9.10. The summed E-state index contributed by atoms with van der Waals surface area (Å²) < 4.78 is 11.6. The number of benzene rings is 2. The van der Waals surface area contributed by atoms with E-state index >= 15 is 0 Å². The quantitative estimate of drug-likeness (QED) is 0.510. The van der Waals surface area contributed by atoms with Crippen molar-refractivity contribution in [2.24, 2.45) is 5.73 Å². The third-order valence-corrected chi connectivity index (χ3v) is 5.67. The second-order valence-electron chi connectivity index (χ2n) is 7.28. The van der Waals surface area contributed by atoms with E-state index in [4.69, 9.17) is 15.2 Å². The molecule has 1 heterocycles. The van der Waals surface area contributed by atoms with Crippen molar-refractivity contribution in [2.45, 2.75) is 32.0 Å². The third-order valence-electron chi connectivity index (χ3n) is 5.08. The average Bonchev–Trinajstić information content (AvgIpc) is 2.72. The number of carbonyl (C=O) groups excluding carboxylic acids is 1. The molecule has 0 radical (unpaired) electrons. The lowest BCUT2D eigenvalue weighted by atomic mass is 10.0. The van der Waals surface area contributed by atoms with Gasteiger partial charge in [0, 0.05) is 19.1 Å². The molecule has 1 aliphatic rings. The SMILES string of the molecule is COc1cc(CNC2CCN(Cc3ccccc3)CC2)cc(Br)c1OCC(N)=O.Cl.Cl. The number of carbonyl (C=O) groups is 1. The number of nitrogens with one attached hydrogen (secondary N) is 1. The molecule has 1 aliphatic heterocycles. The van der Waals surface area contributed by atoms with Gasteiger partial charge in [-0.15, -0.1) is 24.8 Å². The molecule has 0 unspecified atom stereocenters. The maximum Gasteiger partial charge on any atom is 0.255 e. The summed E-state index contributed by atoms with van der Waals surface area (Å²) in [6.07, 6.45) is 2.26. The van der Waals surface area contributed by atoms with Crippen LogP contribution in [0.25, 0.3) is 0 Å². The Labute approximate surface area is 204 Å². The molecule has 0 bridgehead atoms. The van der Waals surface area contributed by atoms with E-state index in [9.17, 15) is 4.79 Å². The topological polar surface area (TPSA) is 76.8 Å². The fraction of sp³-hybridized carbons (Fsp3) is 0.409. The number of piperidine rings is 1. The molecule has 6 nitrogen and oxygen atoms in total. The second-order valence-corrected chi connectivity index (χ2v) is 8.14. The van der Waals surface area contributed by atoms with Gasteiger partial charge in [-0.1, -0.05) is 30.3 Å². The van der Waals surface area contributed by atoms with E-state index in [0.717, 1.165) is 49.1 Å². The monoisotopic (exact) mass is 533 g/mol. The number of primary amides is 1. The Kier molecular flexibility index (Phi) is 12.3. The van der Waals surface area contributed by atoms with Crippen molar-refractivity contribution in [1.29, 1.82) is 0 Å². The number of amides is 1. The molecule has 2 aromatic carbocycles. The molecule has 172 valence electrons. The van der Waals surface area contributed by atoms with E-state index in [0.29, 0.717) is 17.5 Å². The van der Waals surface area contributed by atoms with Crippen LogP contribution in [-0.2, 0) is 17.9 Å². The molecule has 1 amide bonds. The van der Waals surface area contributed by atoms with Gasteiger partial charge >= 0.3 is 0 Å². The van der Waals surface area contributed by atoms with Crippen LogP contribution in [0.4, 0.5) is 0 Å². The third kappa shape index (κ3) is 8.50. The summed E-state index contributed by atoms with van der Waals surface area (Å²) in [6.45, 7) is 3.77. The Morgan fingerprint density at radius 2 is 1.84 bits per heavy atom. The first-order valence-electron chi connectivity index (χ1n) is 9.82. The van der Waals surface area contributed by atoms with Gasteiger partial charge in [0.2, 0.25) is 0 Å². The van der Waals surface area contributed by atoms with E-state index in [1.807, 2.05) is 12.1 Å². The number of halogens is 3. The molecule has 31 heavy (non-hydrogen) atoms. The van der Waals surface area contributed by atoms with Gasteiger partial charge in [0.1, 0.15) is 0 Å². The van der Waals surface area contributed by atoms with Crippen molar-refractivity contribution in [2.75, 3.05) is 26.8 Å². The molecular weight excluding hydrogens is 505 g/mol. The lowest BCUT2D eigenvalue weighted by Crippen LogP contribution is -2.41. The van der Waals surface area contributed by atoms with Crippen molar-refractivity contribution >= 4 is 46.7 Å². The van der Waals surface area contributed by atoms with Crippen LogP contribution in [0, 0.1) is 0 Å². The number of nitrogens with two attached hydrogens (primary N) is 1. The van der Waals surface area contributed by atoms with Crippen molar-refractivity contribution in [3.63, 3.8) is 0 Å². The van der Waals surface area contributed by atoms with Crippen molar-refractivity contribution in [1.82, 2.24) is 10.2 Å². The highest BCUT2D eigenvalue weighted by Crippen LogP contribution is 2.36. The van der Waals surface area contributed by atoms with Crippen LogP contribution in [-0.4, -0.2) is 43.7 Å². The maximum absolute atomic E-state index is 11.0. The summed E-state index contributed by atoms with van der Waals surface area (Å²) in [5.41, 5.74) is 7.62. The Morgan fingerprint density at radius 3 is 2.45 bits per heavy atom. The van der Waals surface area contributed by atoms with Crippen LogP contribution in [0.15, 0.2) is 46.9 Å². The maximum atomic E-state index is 11.0. The zero-order chi connectivity index (χ0) is 20.6. The fourth-order valence-electron chi connectivity index (χ4n) is 3.56. The number of hydrogen-bond donors (Lipinski definition) is 2. The molecule has 0 spiro atoms. The number of nitrogens with zero attached hydrogens (tertiary/aromatic N) is 1. The standard InChI is InChI=1S/C22H28BrN3O3.2ClH/c1-28-20-12-17(11-19(23)22(20)29-15-21(24)27)13-25-18-7-9-26(10-8-18)14-16-5-3-2-4-6-16;;/h2-6,11-12,18,25H,7-10,13-15H2,1H3,(H2,24,27);2*1H. The van der Waals surface area contributed by atoms with Crippen LogP contribution in [0.2, 0.25) is 0 Å². The molecule has 1 saturated heterocycles. The van der Waals surface area contributed by atoms with Crippen molar-refractivity contribution in [3.05, 3.63) is 58.1 Å². The van der Waals surface area contributed by atoms with Gasteiger partial charge < -0.3 is 20.5 Å². The molecule has 0 aromatic heterocycles. The summed E-state index contributed by atoms with van der Waals surface area (Å²) in [6, 6.07) is 15.0. The zero-order valence-corrected chi connectivity index (χ0v) is 20.7. The largest absolute Gasteiger partial charge is 0.493 e. The van der Waals surface area contributed by atoms with Crippen LogP contribution < -0.4 is 20.5 Å². The summed E-state index contributed by atoms with van der Waals surface area (Å²) in [5.74, 6) is 0.544. The molecule has 3 N–H and O–H groups in total. The van der Waals surface area contributed by atoms with Crippen molar-refractivity contribution in [3.8, 4) is 11.5 Å². The Hall–Kier alpha value is -1.51. The Morgan fingerprint density at radius 1 is 1.16 bits per heavy atom. The van der Waals surface area contributed by atoms with E-state index in [1.54, 1.807) is 7.11 Å². The number of rotatable bonds is 9. The van der Waals surface area contributed by atoms with Gasteiger partial charge in [-0.3, -0.25) is 9.69 Å². The van der Waals surface area contributed by atoms with Gasteiger partial charge in [-0.2, -0.15) is 0 Å². The molecule has 3 rings (SSSR count). The highest BCUT2D eigenvalue weighted by Gasteiger charge is 2.19. The molecule has 9 heteroatoms. The van der Waals surface area contributed by atoms with Crippen LogP contribution >= 0.6 is 40.7 Å².